The lowest BCUT2D eigenvalue weighted by Gasteiger charge is -2.39. The van der Waals surface area contributed by atoms with Gasteiger partial charge < -0.3 is 19.7 Å². The molecule has 1 atom stereocenters. The van der Waals surface area contributed by atoms with Crippen molar-refractivity contribution in [2.75, 3.05) is 50.1 Å². The van der Waals surface area contributed by atoms with Gasteiger partial charge in [-0.2, -0.15) is 0 Å². The minimum Gasteiger partial charge on any atom is -0.493 e. The number of benzene rings is 2. The van der Waals surface area contributed by atoms with Gasteiger partial charge in [-0.25, -0.2) is 4.98 Å². The number of ether oxygens (including phenoxy) is 2. The van der Waals surface area contributed by atoms with E-state index < -0.39 is 0 Å². The van der Waals surface area contributed by atoms with Gasteiger partial charge in [0.1, 0.15) is 5.82 Å². The van der Waals surface area contributed by atoms with Crippen LogP contribution < -0.4 is 24.6 Å². The van der Waals surface area contributed by atoms with Gasteiger partial charge in [-0.15, -0.1) is 0 Å². The van der Waals surface area contributed by atoms with E-state index in [1.165, 1.54) is 0 Å². The molecule has 3 aromatic rings. The smallest absolute Gasteiger partial charge is 0.234 e. The van der Waals surface area contributed by atoms with E-state index in [0.29, 0.717) is 35.0 Å². The molecule has 1 saturated heterocycles. The van der Waals surface area contributed by atoms with E-state index in [1.807, 2.05) is 73.5 Å². The molecule has 0 unspecified atom stereocenters. The molecule has 2 aromatic carbocycles. The zero-order chi connectivity index (χ0) is 32.4. The molecule has 46 heavy (non-hydrogen) atoms. The summed E-state index contributed by atoms with van der Waals surface area (Å²) in [6, 6.07) is 15.7. The van der Waals surface area contributed by atoms with Crippen LogP contribution in [0.1, 0.15) is 62.3 Å². The first-order valence-corrected chi connectivity index (χ1v) is 16.7. The maximum atomic E-state index is 13.9. The molecule has 1 saturated carbocycles. The number of nitrogens with zero attached hydrogens (tertiary/aromatic N) is 4. The molecule has 1 N–H and O–H groups in total. The monoisotopic (exact) mass is 645 g/mol. The van der Waals surface area contributed by atoms with Crippen molar-refractivity contribution in [3.8, 4) is 11.5 Å². The molecular formula is C36H44ClN5O4. The fourth-order valence-electron chi connectivity index (χ4n) is 7.22. The fourth-order valence-corrected chi connectivity index (χ4v) is 7.34. The van der Waals surface area contributed by atoms with E-state index in [9.17, 15) is 9.59 Å². The van der Waals surface area contributed by atoms with Crippen LogP contribution in [0.15, 0.2) is 54.7 Å². The summed E-state index contributed by atoms with van der Waals surface area (Å²) in [5, 5.41) is 3.57. The summed E-state index contributed by atoms with van der Waals surface area (Å²) < 4.78 is 11.8. The zero-order valence-electron chi connectivity index (χ0n) is 27.2. The predicted octanol–water partition coefficient (Wildman–Crippen LogP) is 5.64. The average Bonchev–Trinajstić information content (AvgIpc) is 3.05. The van der Waals surface area contributed by atoms with Crippen LogP contribution in [-0.2, 0) is 16.0 Å². The number of piperazine rings is 1. The molecule has 0 bridgehead atoms. The summed E-state index contributed by atoms with van der Waals surface area (Å²) >= 11 is 6.27. The Labute approximate surface area is 276 Å². The molecule has 2 amide bonds. The number of pyridine rings is 1. The molecule has 1 aliphatic carbocycles. The van der Waals surface area contributed by atoms with Crippen molar-refractivity contribution in [2.45, 2.75) is 64.1 Å². The molecule has 2 aliphatic heterocycles. The molecule has 0 radical (unpaired) electrons. The Kier molecular flexibility index (Phi) is 9.70. The molecule has 2 fully saturated rings. The van der Waals surface area contributed by atoms with Crippen LogP contribution in [-0.4, -0.2) is 74.2 Å². The summed E-state index contributed by atoms with van der Waals surface area (Å²) in [5.41, 5.74) is 3.58. The van der Waals surface area contributed by atoms with Crippen LogP contribution in [0.4, 0.5) is 11.5 Å². The molecule has 10 heteroatoms. The van der Waals surface area contributed by atoms with Gasteiger partial charge in [-0.05, 0) is 98.5 Å². The molecule has 6 rings (SSSR count). The number of carbonyl (C=O) groups is 2. The number of hydrogen-bond acceptors (Lipinski definition) is 7. The highest BCUT2D eigenvalue weighted by molar-refractivity contribution is 6.30. The van der Waals surface area contributed by atoms with Gasteiger partial charge in [-0.1, -0.05) is 23.7 Å². The topological polar surface area (TPSA) is 87.2 Å². The largest absolute Gasteiger partial charge is 0.493 e. The van der Waals surface area contributed by atoms with E-state index in [0.717, 1.165) is 73.5 Å². The summed E-state index contributed by atoms with van der Waals surface area (Å²) in [4.78, 5) is 37.0. The number of carbonyl (C=O) groups excluding carboxylic acids is 2. The standard InChI is InChI=1S/C36H44ClN5O4/c1-23(2)46-32-19-30-26(17-31(32)45-4)18-35(44)42(36(30)25-7-9-27(37)10-8-25)29-13-14-33(39-20-29)40(3)21-24-5-11-28(12-6-24)41-16-15-38-34(43)22-41/h7-10,13-14,17,19-20,23-24,28,36H,5-6,11-12,15-16,18,21-22H2,1-4H3,(H,38,43)/t24-,28-,36-/m0/s1. The van der Waals surface area contributed by atoms with Crippen LogP contribution in [0, 0.1) is 5.92 Å². The van der Waals surface area contributed by atoms with Crippen LogP contribution in [0.25, 0.3) is 0 Å². The summed E-state index contributed by atoms with van der Waals surface area (Å²) in [6.07, 6.45) is 6.54. The number of anilines is 2. The lowest BCUT2D eigenvalue weighted by Crippen LogP contribution is -2.52. The molecule has 1 aromatic heterocycles. The normalized spacial score (nSPS) is 22.0. The van der Waals surface area contributed by atoms with Crippen molar-refractivity contribution < 1.29 is 19.1 Å². The van der Waals surface area contributed by atoms with E-state index in [-0.39, 0.29) is 30.4 Å². The summed E-state index contributed by atoms with van der Waals surface area (Å²) in [7, 11) is 3.71. The van der Waals surface area contributed by atoms with Gasteiger partial charge >= 0.3 is 0 Å². The van der Waals surface area contributed by atoms with E-state index in [4.69, 9.17) is 26.1 Å². The van der Waals surface area contributed by atoms with E-state index >= 15 is 0 Å². The van der Waals surface area contributed by atoms with Gasteiger partial charge in [-0.3, -0.25) is 19.4 Å². The quantitative estimate of drug-likeness (QED) is 0.323. The third kappa shape index (κ3) is 6.95. The maximum Gasteiger partial charge on any atom is 0.234 e. The highest BCUT2D eigenvalue weighted by Crippen LogP contribution is 2.44. The van der Waals surface area contributed by atoms with Crippen molar-refractivity contribution >= 4 is 34.9 Å². The second-order valence-corrected chi connectivity index (χ2v) is 13.4. The number of nitrogens with one attached hydrogen (secondary N) is 1. The Balaban J connectivity index is 1.21. The minimum absolute atomic E-state index is 0.0158. The van der Waals surface area contributed by atoms with Crippen molar-refractivity contribution in [3.05, 3.63) is 76.4 Å². The number of rotatable bonds is 9. The SMILES string of the molecule is COc1cc2c(cc1OC(C)C)[C@H](c1ccc(Cl)cc1)N(c1ccc(N(C)C[C@H]3CC[C@H](N4CCNC(=O)C4)CC3)nc1)C(=O)C2. The van der Waals surface area contributed by atoms with Crippen molar-refractivity contribution in [1.29, 1.82) is 0 Å². The molecule has 0 spiro atoms. The molecule has 9 nitrogen and oxygen atoms in total. The number of aromatic nitrogens is 1. The number of fused-ring (bicyclic) bond motifs is 1. The van der Waals surface area contributed by atoms with Gasteiger partial charge in [0.2, 0.25) is 11.8 Å². The predicted molar refractivity (Wildman–Crippen MR) is 181 cm³/mol. The zero-order valence-corrected chi connectivity index (χ0v) is 27.9. The van der Waals surface area contributed by atoms with Crippen molar-refractivity contribution in [2.24, 2.45) is 5.92 Å². The van der Waals surface area contributed by atoms with Crippen LogP contribution in [0.2, 0.25) is 5.02 Å². The van der Waals surface area contributed by atoms with E-state index in [1.54, 1.807) is 7.11 Å². The first-order valence-electron chi connectivity index (χ1n) is 16.3. The molecule has 244 valence electrons. The Morgan fingerprint density at radius 2 is 1.80 bits per heavy atom. The molecular weight excluding hydrogens is 602 g/mol. The summed E-state index contributed by atoms with van der Waals surface area (Å²) in [5.74, 6) is 2.85. The second-order valence-electron chi connectivity index (χ2n) is 13.0. The van der Waals surface area contributed by atoms with Gasteiger partial charge in [0, 0.05) is 37.7 Å². The Morgan fingerprint density at radius 3 is 2.46 bits per heavy atom. The lowest BCUT2D eigenvalue weighted by atomic mass is 9.84. The Bertz CT molecular complexity index is 1540. The first kappa shape index (κ1) is 32.1. The van der Waals surface area contributed by atoms with Crippen molar-refractivity contribution in [3.63, 3.8) is 0 Å². The number of amides is 2. The lowest BCUT2D eigenvalue weighted by molar-refractivity contribution is -0.125. The molecule has 3 heterocycles. The minimum atomic E-state index is -0.388. The Hall–Kier alpha value is -3.82. The maximum absolute atomic E-state index is 13.9. The number of methoxy groups -OCH3 is 1. The molecule has 3 aliphatic rings. The average molecular weight is 646 g/mol. The third-order valence-electron chi connectivity index (χ3n) is 9.47. The summed E-state index contributed by atoms with van der Waals surface area (Å²) in [6.45, 7) is 7.11. The van der Waals surface area contributed by atoms with Crippen molar-refractivity contribution in [1.82, 2.24) is 15.2 Å². The van der Waals surface area contributed by atoms with Crippen LogP contribution >= 0.6 is 11.6 Å². The third-order valence-corrected chi connectivity index (χ3v) is 9.72. The van der Waals surface area contributed by atoms with Gasteiger partial charge in [0.05, 0.1) is 44.1 Å². The number of hydrogen-bond donors (Lipinski definition) is 1. The Morgan fingerprint density at radius 1 is 1.04 bits per heavy atom. The van der Waals surface area contributed by atoms with Crippen LogP contribution in [0.5, 0.6) is 11.5 Å². The van der Waals surface area contributed by atoms with Gasteiger partial charge in [0.25, 0.3) is 0 Å². The first-order chi connectivity index (χ1) is 22.2. The second kappa shape index (κ2) is 13.9. The van der Waals surface area contributed by atoms with Gasteiger partial charge in [0.15, 0.2) is 11.5 Å². The number of halogens is 1. The van der Waals surface area contributed by atoms with Crippen LogP contribution in [0.3, 0.4) is 0 Å². The fraction of sp³-hybridized carbons (Fsp3) is 0.472. The van der Waals surface area contributed by atoms with E-state index in [2.05, 4.69) is 22.2 Å². The highest BCUT2D eigenvalue weighted by Gasteiger charge is 2.36. The highest BCUT2D eigenvalue weighted by atomic mass is 35.5.